The zero-order valence-corrected chi connectivity index (χ0v) is 18.5. The van der Waals surface area contributed by atoms with Crippen LogP contribution in [-0.2, 0) is 11.3 Å². The SMILES string of the molecule is Cc1c(-c2ccccc2)cccc1-c1nnc(-c2cccc(CNCC(=O)O)c2)s1.Cl. The number of carbonyl (C=O) groups is 1. The molecule has 0 spiro atoms. The summed E-state index contributed by atoms with van der Waals surface area (Å²) in [6.07, 6.45) is 0. The van der Waals surface area contributed by atoms with Crippen LogP contribution in [0.15, 0.2) is 72.8 Å². The monoisotopic (exact) mass is 451 g/mol. The summed E-state index contributed by atoms with van der Waals surface area (Å²) >= 11 is 1.56. The number of benzene rings is 3. The van der Waals surface area contributed by atoms with Crippen molar-refractivity contribution in [1.82, 2.24) is 15.5 Å². The Morgan fingerprint density at radius 3 is 2.35 bits per heavy atom. The summed E-state index contributed by atoms with van der Waals surface area (Å²) < 4.78 is 0. The van der Waals surface area contributed by atoms with Gasteiger partial charge in [0.25, 0.3) is 0 Å². The third kappa shape index (κ3) is 5.35. The molecular formula is C24H22ClN3O2S. The zero-order chi connectivity index (χ0) is 20.9. The van der Waals surface area contributed by atoms with Crippen molar-refractivity contribution < 1.29 is 9.90 Å². The van der Waals surface area contributed by atoms with Crippen LogP contribution in [0.3, 0.4) is 0 Å². The highest BCUT2D eigenvalue weighted by Crippen LogP contribution is 2.35. The fourth-order valence-electron chi connectivity index (χ4n) is 3.37. The molecule has 1 heterocycles. The molecule has 0 amide bonds. The molecule has 7 heteroatoms. The van der Waals surface area contributed by atoms with E-state index in [9.17, 15) is 4.79 Å². The quantitative estimate of drug-likeness (QED) is 0.391. The first kappa shape index (κ1) is 22.6. The number of nitrogens with one attached hydrogen (secondary N) is 1. The van der Waals surface area contributed by atoms with Gasteiger partial charge in [-0.3, -0.25) is 4.79 Å². The highest BCUT2D eigenvalue weighted by molar-refractivity contribution is 7.17. The molecule has 0 radical (unpaired) electrons. The largest absolute Gasteiger partial charge is 0.480 e. The fraction of sp³-hybridized carbons (Fsp3) is 0.125. The van der Waals surface area contributed by atoms with Crippen LogP contribution < -0.4 is 5.32 Å². The number of nitrogens with zero attached hydrogens (tertiary/aromatic N) is 2. The summed E-state index contributed by atoms with van der Waals surface area (Å²) in [5, 5.41) is 22.3. The Hall–Kier alpha value is -3.06. The molecule has 0 bridgehead atoms. The molecule has 0 unspecified atom stereocenters. The third-order valence-corrected chi connectivity index (χ3v) is 5.86. The van der Waals surface area contributed by atoms with E-state index in [0.717, 1.165) is 26.7 Å². The van der Waals surface area contributed by atoms with Gasteiger partial charge in [0.1, 0.15) is 10.0 Å². The number of aliphatic carboxylic acids is 1. The molecule has 1 aromatic heterocycles. The standard InChI is InChI=1S/C24H21N3O2S.ClH/c1-16-20(18-8-3-2-4-9-18)11-6-12-21(16)24-27-26-23(30-24)19-10-5-7-17(13-19)14-25-15-22(28)29;/h2-13,25H,14-15H2,1H3,(H,28,29);1H. The summed E-state index contributed by atoms with van der Waals surface area (Å²) in [5.74, 6) is -0.868. The number of carboxylic acids is 1. The smallest absolute Gasteiger partial charge is 0.317 e. The molecule has 0 fully saturated rings. The number of halogens is 1. The van der Waals surface area contributed by atoms with Crippen LogP contribution in [0.4, 0.5) is 0 Å². The minimum absolute atomic E-state index is 0. The number of aromatic nitrogens is 2. The Morgan fingerprint density at radius 1 is 0.903 bits per heavy atom. The van der Waals surface area contributed by atoms with Gasteiger partial charge in [0, 0.05) is 17.7 Å². The summed E-state index contributed by atoms with van der Waals surface area (Å²) in [6, 6.07) is 24.5. The molecule has 158 valence electrons. The number of carboxylic acid groups (broad SMARTS) is 1. The van der Waals surface area contributed by atoms with Gasteiger partial charge in [-0.1, -0.05) is 78.1 Å². The maximum atomic E-state index is 10.7. The van der Waals surface area contributed by atoms with Crippen molar-refractivity contribution in [3.8, 4) is 32.3 Å². The lowest BCUT2D eigenvalue weighted by Gasteiger charge is -2.09. The average Bonchev–Trinajstić information content (AvgIpc) is 3.25. The van der Waals surface area contributed by atoms with Crippen LogP contribution in [0.2, 0.25) is 0 Å². The Balaban J connectivity index is 0.00000272. The molecule has 0 aliphatic rings. The molecular weight excluding hydrogens is 430 g/mol. The summed E-state index contributed by atoms with van der Waals surface area (Å²) in [6.45, 7) is 2.54. The lowest BCUT2D eigenvalue weighted by molar-refractivity contribution is -0.135. The Kier molecular flexibility index (Phi) is 7.52. The third-order valence-electron chi connectivity index (χ3n) is 4.85. The van der Waals surface area contributed by atoms with Gasteiger partial charge in [-0.25, -0.2) is 0 Å². The van der Waals surface area contributed by atoms with E-state index in [4.69, 9.17) is 5.11 Å². The molecule has 4 rings (SSSR count). The van der Waals surface area contributed by atoms with E-state index in [2.05, 4.69) is 52.8 Å². The van der Waals surface area contributed by atoms with E-state index < -0.39 is 5.97 Å². The molecule has 4 aromatic rings. The van der Waals surface area contributed by atoms with Gasteiger partial charge < -0.3 is 10.4 Å². The van der Waals surface area contributed by atoms with Crippen molar-refractivity contribution in [3.05, 3.63) is 83.9 Å². The lowest BCUT2D eigenvalue weighted by Crippen LogP contribution is -2.21. The summed E-state index contributed by atoms with van der Waals surface area (Å²) in [5.41, 5.74) is 6.62. The van der Waals surface area contributed by atoms with Crippen molar-refractivity contribution >= 4 is 29.7 Å². The molecule has 0 aliphatic heterocycles. The molecule has 0 saturated heterocycles. The predicted molar refractivity (Wildman–Crippen MR) is 128 cm³/mol. The van der Waals surface area contributed by atoms with Gasteiger partial charge in [-0.15, -0.1) is 22.6 Å². The van der Waals surface area contributed by atoms with Crippen LogP contribution in [-0.4, -0.2) is 27.8 Å². The van der Waals surface area contributed by atoms with Crippen molar-refractivity contribution in [3.63, 3.8) is 0 Å². The van der Waals surface area contributed by atoms with Gasteiger partial charge >= 0.3 is 5.97 Å². The van der Waals surface area contributed by atoms with Crippen LogP contribution in [0.25, 0.3) is 32.3 Å². The maximum absolute atomic E-state index is 10.7. The first-order chi connectivity index (χ1) is 14.6. The van der Waals surface area contributed by atoms with Crippen molar-refractivity contribution in [2.24, 2.45) is 0 Å². The van der Waals surface area contributed by atoms with Crippen LogP contribution >= 0.6 is 23.7 Å². The molecule has 3 aromatic carbocycles. The normalized spacial score (nSPS) is 10.5. The molecule has 2 N–H and O–H groups in total. The van der Waals surface area contributed by atoms with Gasteiger partial charge in [-0.05, 0) is 35.2 Å². The first-order valence-corrected chi connectivity index (χ1v) is 10.4. The molecule has 31 heavy (non-hydrogen) atoms. The second kappa shape index (κ2) is 10.3. The number of hydrogen-bond donors (Lipinski definition) is 2. The molecule has 0 saturated carbocycles. The van der Waals surface area contributed by atoms with Crippen LogP contribution in [0.5, 0.6) is 0 Å². The molecule has 0 aliphatic carbocycles. The predicted octanol–water partition coefficient (Wildman–Crippen LogP) is 5.44. The minimum Gasteiger partial charge on any atom is -0.480 e. The number of hydrogen-bond acceptors (Lipinski definition) is 5. The Morgan fingerprint density at radius 2 is 1.58 bits per heavy atom. The second-order valence-electron chi connectivity index (χ2n) is 6.95. The van der Waals surface area contributed by atoms with Gasteiger partial charge in [0.05, 0.1) is 6.54 Å². The van der Waals surface area contributed by atoms with E-state index in [0.29, 0.717) is 6.54 Å². The summed E-state index contributed by atoms with van der Waals surface area (Å²) in [4.78, 5) is 10.7. The van der Waals surface area contributed by atoms with E-state index in [1.165, 1.54) is 16.7 Å². The summed E-state index contributed by atoms with van der Waals surface area (Å²) in [7, 11) is 0. The van der Waals surface area contributed by atoms with E-state index >= 15 is 0 Å². The lowest BCUT2D eigenvalue weighted by atomic mass is 9.97. The highest BCUT2D eigenvalue weighted by Gasteiger charge is 2.13. The maximum Gasteiger partial charge on any atom is 0.317 e. The van der Waals surface area contributed by atoms with E-state index in [1.807, 2.05) is 42.5 Å². The second-order valence-corrected chi connectivity index (χ2v) is 7.93. The first-order valence-electron chi connectivity index (χ1n) is 9.62. The highest BCUT2D eigenvalue weighted by atomic mass is 35.5. The Bertz CT molecular complexity index is 1180. The fourth-order valence-corrected chi connectivity index (χ4v) is 4.30. The molecule has 0 atom stereocenters. The minimum atomic E-state index is -0.868. The van der Waals surface area contributed by atoms with Crippen molar-refractivity contribution in [2.75, 3.05) is 6.54 Å². The topological polar surface area (TPSA) is 75.1 Å². The van der Waals surface area contributed by atoms with Crippen molar-refractivity contribution in [2.45, 2.75) is 13.5 Å². The van der Waals surface area contributed by atoms with Crippen LogP contribution in [0, 0.1) is 6.92 Å². The van der Waals surface area contributed by atoms with E-state index in [1.54, 1.807) is 11.3 Å². The Labute approximate surface area is 191 Å². The van der Waals surface area contributed by atoms with E-state index in [-0.39, 0.29) is 19.0 Å². The van der Waals surface area contributed by atoms with Crippen molar-refractivity contribution in [1.29, 1.82) is 0 Å². The molecule has 5 nitrogen and oxygen atoms in total. The van der Waals surface area contributed by atoms with Gasteiger partial charge in [-0.2, -0.15) is 0 Å². The average molecular weight is 452 g/mol. The number of rotatable bonds is 7. The van der Waals surface area contributed by atoms with Gasteiger partial charge in [0.15, 0.2) is 0 Å². The van der Waals surface area contributed by atoms with Crippen LogP contribution in [0.1, 0.15) is 11.1 Å². The van der Waals surface area contributed by atoms with Gasteiger partial charge in [0.2, 0.25) is 0 Å². The zero-order valence-electron chi connectivity index (χ0n) is 16.9.